The maximum Gasteiger partial charge on any atom is 0.223 e. The number of phenols is 1. The molecule has 0 bridgehead atoms. The number of hydrogen-bond acceptors (Lipinski definition) is 4. The number of hydrogen-bond donors (Lipinski definition) is 1. The van der Waals surface area contributed by atoms with Gasteiger partial charge in [-0.25, -0.2) is 4.39 Å². The minimum Gasteiger partial charge on any atom is -0.508 e. The molecular formula is C19H21FN2O2S. The highest BCUT2D eigenvalue weighted by Gasteiger charge is 2.21. The first-order chi connectivity index (χ1) is 12.1. The van der Waals surface area contributed by atoms with Crippen LogP contribution in [0.2, 0.25) is 0 Å². The molecule has 0 saturated carbocycles. The number of phenolic OH excluding ortho intramolecular Hbond substituents is 1. The molecule has 1 fully saturated rings. The van der Waals surface area contributed by atoms with Crippen molar-refractivity contribution in [3.8, 4) is 5.75 Å². The van der Waals surface area contributed by atoms with Crippen LogP contribution in [0.5, 0.6) is 5.75 Å². The molecule has 0 unspecified atom stereocenters. The summed E-state index contributed by atoms with van der Waals surface area (Å²) in [5.74, 6) is 0.722. The summed E-state index contributed by atoms with van der Waals surface area (Å²) in [6.45, 7) is 2.92. The summed E-state index contributed by atoms with van der Waals surface area (Å²) in [4.78, 5) is 17.0. The van der Waals surface area contributed by atoms with Crippen molar-refractivity contribution in [2.24, 2.45) is 0 Å². The van der Waals surface area contributed by atoms with Gasteiger partial charge in [-0.1, -0.05) is 12.1 Å². The minimum absolute atomic E-state index is 0.120. The van der Waals surface area contributed by atoms with E-state index in [1.807, 2.05) is 17.0 Å². The number of amides is 1. The van der Waals surface area contributed by atoms with E-state index in [-0.39, 0.29) is 17.5 Å². The lowest BCUT2D eigenvalue weighted by Gasteiger charge is -2.36. The maximum absolute atomic E-state index is 13.6. The fraction of sp³-hybridized carbons (Fsp3) is 0.316. The van der Waals surface area contributed by atoms with Crippen LogP contribution in [0.1, 0.15) is 6.42 Å². The third kappa shape index (κ3) is 4.66. The Hall–Kier alpha value is -2.21. The quantitative estimate of drug-likeness (QED) is 0.831. The Morgan fingerprint density at radius 2 is 1.72 bits per heavy atom. The molecule has 25 heavy (non-hydrogen) atoms. The van der Waals surface area contributed by atoms with E-state index in [2.05, 4.69) is 4.90 Å². The first-order valence-corrected chi connectivity index (χ1v) is 9.31. The molecule has 1 heterocycles. The van der Waals surface area contributed by atoms with Crippen LogP contribution in [0.4, 0.5) is 10.1 Å². The second-order valence-corrected chi connectivity index (χ2v) is 7.05. The zero-order valence-corrected chi connectivity index (χ0v) is 14.7. The Balaban J connectivity index is 1.44. The van der Waals surface area contributed by atoms with Gasteiger partial charge in [0.1, 0.15) is 11.6 Å². The number of thioether (sulfide) groups is 1. The average Bonchev–Trinajstić information content (AvgIpc) is 2.64. The lowest BCUT2D eigenvalue weighted by Crippen LogP contribution is -2.48. The van der Waals surface area contributed by atoms with Gasteiger partial charge in [-0.15, -0.1) is 11.8 Å². The number of rotatable bonds is 5. The predicted octanol–water partition coefficient (Wildman–Crippen LogP) is 3.36. The van der Waals surface area contributed by atoms with Gasteiger partial charge in [0, 0.05) is 48.9 Å². The van der Waals surface area contributed by atoms with Crippen LogP contribution in [0.3, 0.4) is 0 Å². The van der Waals surface area contributed by atoms with Gasteiger partial charge in [0.05, 0.1) is 0 Å². The van der Waals surface area contributed by atoms with Gasteiger partial charge in [-0.05, 0) is 36.4 Å². The molecule has 1 N–H and O–H groups in total. The number of anilines is 1. The molecule has 0 spiro atoms. The van der Waals surface area contributed by atoms with Crippen molar-refractivity contribution in [3.05, 3.63) is 54.3 Å². The first-order valence-electron chi connectivity index (χ1n) is 8.32. The van der Waals surface area contributed by atoms with Crippen LogP contribution in [-0.2, 0) is 4.79 Å². The number of nitrogens with zero attached hydrogens (tertiary/aromatic N) is 2. The van der Waals surface area contributed by atoms with Crippen molar-refractivity contribution in [2.75, 3.05) is 36.8 Å². The molecule has 0 aliphatic carbocycles. The Labute approximate surface area is 151 Å². The summed E-state index contributed by atoms with van der Waals surface area (Å²) >= 11 is 1.38. The molecule has 2 aromatic carbocycles. The van der Waals surface area contributed by atoms with Gasteiger partial charge in [-0.3, -0.25) is 4.79 Å². The second kappa shape index (κ2) is 8.25. The SMILES string of the molecule is O=C(CCSc1ccccc1F)N1CCN(c2ccc(O)cc2)CC1. The zero-order valence-electron chi connectivity index (χ0n) is 13.9. The van der Waals surface area contributed by atoms with E-state index >= 15 is 0 Å². The van der Waals surface area contributed by atoms with Gasteiger partial charge in [-0.2, -0.15) is 0 Å². The Morgan fingerprint density at radius 3 is 2.40 bits per heavy atom. The molecule has 0 radical (unpaired) electrons. The normalized spacial score (nSPS) is 14.6. The highest BCUT2D eigenvalue weighted by molar-refractivity contribution is 7.99. The van der Waals surface area contributed by atoms with Gasteiger partial charge in [0.2, 0.25) is 5.91 Å². The summed E-state index contributed by atoms with van der Waals surface area (Å²) in [6.07, 6.45) is 0.415. The Bertz CT molecular complexity index is 716. The third-order valence-electron chi connectivity index (χ3n) is 4.26. The lowest BCUT2D eigenvalue weighted by atomic mass is 10.2. The summed E-state index contributed by atoms with van der Waals surface area (Å²) in [5.41, 5.74) is 1.06. The Kier molecular flexibility index (Phi) is 5.81. The van der Waals surface area contributed by atoms with Crippen LogP contribution in [0.25, 0.3) is 0 Å². The van der Waals surface area contributed by atoms with Crippen molar-refractivity contribution in [2.45, 2.75) is 11.3 Å². The molecule has 1 aliphatic heterocycles. The molecule has 3 rings (SSSR count). The summed E-state index contributed by atoms with van der Waals surface area (Å²) in [6, 6.07) is 13.8. The molecule has 6 heteroatoms. The van der Waals surface area contributed by atoms with Crippen molar-refractivity contribution in [3.63, 3.8) is 0 Å². The van der Waals surface area contributed by atoms with Crippen molar-refractivity contribution >= 4 is 23.4 Å². The van der Waals surface area contributed by atoms with Crippen molar-refractivity contribution < 1.29 is 14.3 Å². The smallest absolute Gasteiger partial charge is 0.223 e. The zero-order chi connectivity index (χ0) is 17.6. The summed E-state index contributed by atoms with van der Waals surface area (Å²) < 4.78 is 13.6. The molecule has 1 amide bonds. The molecule has 0 aromatic heterocycles. The van der Waals surface area contributed by atoms with Gasteiger partial charge in [0.25, 0.3) is 0 Å². The van der Waals surface area contributed by atoms with Crippen molar-refractivity contribution in [1.82, 2.24) is 4.90 Å². The second-order valence-electron chi connectivity index (χ2n) is 5.91. The fourth-order valence-electron chi connectivity index (χ4n) is 2.85. The first kappa shape index (κ1) is 17.6. The molecule has 132 valence electrons. The molecule has 1 saturated heterocycles. The highest BCUT2D eigenvalue weighted by atomic mass is 32.2. The molecule has 0 atom stereocenters. The van der Waals surface area contributed by atoms with E-state index in [9.17, 15) is 14.3 Å². The lowest BCUT2D eigenvalue weighted by molar-refractivity contribution is -0.131. The highest BCUT2D eigenvalue weighted by Crippen LogP contribution is 2.23. The largest absolute Gasteiger partial charge is 0.508 e. The minimum atomic E-state index is -0.234. The number of carbonyl (C=O) groups is 1. The van der Waals surface area contributed by atoms with Gasteiger partial charge < -0.3 is 14.9 Å². The number of aromatic hydroxyl groups is 1. The standard InChI is InChI=1S/C19H21FN2O2S/c20-17-3-1-2-4-18(17)25-14-9-19(24)22-12-10-21(11-13-22)15-5-7-16(23)8-6-15/h1-8,23H,9-14H2. The van der Waals surface area contributed by atoms with Crippen molar-refractivity contribution in [1.29, 1.82) is 0 Å². The van der Waals surface area contributed by atoms with Crippen LogP contribution in [0.15, 0.2) is 53.4 Å². The molecular weight excluding hydrogens is 339 g/mol. The van der Waals surface area contributed by atoms with Crippen LogP contribution in [-0.4, -0.2) is 47.8 Å². The van der Waals surface area contributed by atoms with E-state index in [1.165, 1.54) is 17.8 Å². The predicted molar refractivity (Wildman–Crippen MR) is 98.6 cm³/mol. The maximum atomic E-state index is 13.6. The summed E-state index contributed by atoms with van der Waals surface area (Å²) in [5, 5.41) is 9.35. The fourth-order valence-corrected chi connectivity index (χ4v) is 3.72. The van der Waals surface area contributed by atoms with Gasteiger partial charge >= 0.3 is 0 Å². The average molecular weight is 360 g/mol. The topological polar surface area (TPSA) is 43.8 Å². The van der Waals surface area contributed by atoms with Crippen LogP contribution in [0, 0.1) is 5.82 Å². The Morgan fingerprint density at radius 1 is 1.04 bits per heavy atom. The molecule has 4 nitrogen and oxygen atoms in total. The van der Waals surface area contributed by atoms with E-state index in [1.54, 1.807) is 30.3 Å². The summed E-state index contributed by atoms with van der Waals surface area (Å²) in [7, 11) is 0. The van der Waals surface area contributed by atoms with Crippen LogP contribution >= 0.6 is 11.8 Å². The number of benzene rings is 2. The number of carbonyl (C=O) groups excluding carboxylic acids is 1. The molecule has 1 aliphatic rings. The number of piperazine rings is 1. The van der Waals surface area contributed by atoms with E-state index < -0.39 is 0 Å². The van der Waals surface area contributed by atoms with E-state index in [0.29, 0.717) is 30.2 Å². The number of halogens is 1. The van der Waals surface area contributed by atoms with Crippen LogP contribution < -0.4 is 4.90 Å². The van der Waals surface area contributed by atoms with Gasteiger partial charge in [0.15, 0.2) is 0 Å². The van der Waals surface area contributed by atoms with E-state index in [0.717, 1.165) is 18.8 Å². The van der Waals surface area contributed by atoms with E-state index in [4.69, 9.17) is 0 Å². The monoisotopic (exact) mass is 360 g/mol. The molecule has 2 aromatic rings. The third-order valence-corrected chi connectivity index (χ3v) is 5.31.